The molecule has 6 heteroatoms. The Morgan fingerprint density at radius 3 is 2.67 bits per heavy atom. The summed E-state index contributed by atoms with van der Waals surface area (Å²) in [5.74, 6) is 0. The van der Waals surface area contributed by atoms with Gasteiger partial charge in [-0.15, -0.1) is 10.2 Å². The molecule has 0 unspecified atom stereocenters. The third kappa shape index (κ3) is 5.75. The Hall–Kier alpha value is -0.720. The Morgan fingerprint density at radius 2 is 2.06 bits per heavy atom. The molecule has 0 saturated carbocycles. The molecule has 0 aliphatic rings. The van der Waals surface area contributed by atoms with E-state index in [-0.39, 0.29) is 5.60 Å². The molecule has 18 heavy (non-hydrogen) atoms. The van der Waals surface area contributed by atoms with Crippen LogP contribution in [0.25, 0.3) is 0 Å². The highest BCUT2D eigenvalue weighted by atomic mass is 32.1. The Kier molecular flexibility index (Phi) is 5.98. The van der Waals surface area contributed by atoms with E-state index in [0.717, 1.165) is 18.0 Å². The molecule has 0 aliphatic carbocycles. The van der Waals surface area contributed by atoms with Crippen LogP contribution in [0.3, 0.4) is 0 Å². The average molecular weight is 273 g/mol. The van der Waals surface area contributed by atoms with Gasteiger partial charge in [-0.1, -0.05) is 25.2 Å². The van der Waals surface area contributed by atoms with Gasteiger partial charge in [-0.25, -0.2) is 0 Å². The first-order valence-electron chi connectivity index (χ1n) is 6.16. The van der Waals surface area contributed by atoms with Gasteiger partial charge in [-0.05, 0) is 13.8 Å². The number of rotatable bonds is 8. The molecular formula is C12H23N3O2S. The number of hydrogen-bond donors (Lipinski definition) is 1. The molecule has 1 N–H and O–H groups in total. The van der Waals surface area contributed by atoms with Crippen molar-refractivity contribution in [2.24, 2.45) is 0 Å². The number of aromatic nitrogens is 2. The topological polar surface area (TPSA) is 56.3 Å². The van der Waals surface area contributed by atoms with E-state index in [9.17, 15) is 0 Å². The quantitative estimate of drug-likeness (QED) is 0.787. The van der Waals surface area contributed by atoms with Crippen LogP contribution in [0.4, 0.5) is 0 Å². The molecule has 0 aliphatic heterocycles. The van der Waals surface area contributed by atoms with Crippen molar-refractivity contribution in [2.75, 3.05) is 13.7 Å². The Bertz CT molecular complexity index is 353. The van der Waals surface area contributed by atoms with Gasteiger partial charge in [0.1, 0.15) is 5.01 Å². The molecule has 1 heterocycles. The number of nitrogens with zero attached hydrogens (tertiary/aromatic N) is 2. The van der Waals surface area contributed by atoms with E-state index in [0.29, 0.717) is 17.8 Å². The van der Waals surface area contributed by atoms with E-state index in [1.807, 2.05) is 13.8 Å². The van der Waals surface area contributed by atoms with Crippen LogP contribution >= 0.6 is 11.3 Å². The Morgan fingerprint density at radius 1 is 1.33 bits per heavy atom. The standard InChI is InChI=1S/C12H23N3O2S/c1-9(2)13-8-10-14-15-11(18-10)17-7-6-12(3,4)16-5/h9,13H,6-8H2,1-5H3. The number of nitrogens with one attached hydrogen (secondary N) is 1. The van der Waals surface area contributed by atoms with Gasteiger partial charge in [0.15, 0.2) is 0 Å². The van der Waals surface area contributed by atoms with Crippen LogP contribution < -0.4 is 10.1 Å². The molecule has 0 saturated heterocycles. The summed E-state index contributed by atoms with van der Waals surface area (Å²) in [6.07, 6.45) is 0.822. The lowest BCUT2D eigenvalue weighted by Crippen LogP contribution is -2.25. The fourth-order valence-corrected chi connectivity index (χ4v) is 1.81. The van der Waals surface area contributed by atoms with E-state index in [1.54, 1.807) is 7.11 Å². The second kappa shape index (κ2) is 7.01. The summed E-state index contributed by atoms with van der Waals surface area (Å²) < 4.78 is 10.9. The van der Waals surface area contributed by atoms with Crippen LogP contribution in [0, 0.1) is 0 Å². The lowest BCUT2D eigenvalue weighted by atomic mass is 10.1. The van der Waals surface area contributed by atoms with Crippen LogP contribution in [0.5, 0.6) is 5.19 Å². The number of methoxy groups -OCH3 is 1. The summed E-state index contributed by atoms with van der Waals surface area (Å²) in [5.41, 5.74) is -0.160. The van der Waals surface area contributed by atoms with Crippen LogP contribution in [-0.4, -0.2) is 35.6 Å². The first-order valence-corrected chi connectivity index (χ1v) is 6.98. The van der Waals surface area contributed by atoms with Crippen molar-refractivity contribution in [3.63, 3.8) is 0 Å². The average Bonchev–Trinajstić information content (AvgIpc) is 2.74. The van der Waals surface area contributed by atoms with Gasteiger partial charge >= 0.3 is 0 Å². The zero-order valence-electron chi connectivity index (χ0n) is 11.8. The molecule has 0 radical (unpaired) electrons. The van der Waals surface area contributed by atoms with Gasteiger partial charge in [-0.3, -0.25) is 0 Å². The molecule has 0 atom stereocenters. The van der Waals surface area contributed by atoms with Gasteiger partial charge in [0.2, 0.25) is 0 Å². The van der Waals surface area contributed by atoms with Gasteiger partial charge in [0, 0.05) is 19.6 Å². The smallest absolute Gasteiger partial charge is 0.294 e. The third-order valence-electron chi connectivity index (χ3n) is 2.59. The zero-order chi connectivity index (χ0) is 13.6. The van der Waals surface area contributed by atoms with E-state index in [1.165, 1.54) is 11.3 Å². The van der Waals surface area contributed by atoms with E-state index in [2.05, 4.69) is 29.4 Å². The van der Waals surface area contributed by atoms with Crippen LogP contribution in [0.15, 0.2) is 0 Å². The van der Waals surface area contributed by atoms with Crippen molar-refractivity contribution in [3.8, 4) is 5.19 Å². The van der Waals surface area contributed by atoms with Gasteiger partial charge in [-0.2, -0.15) is 0 Å². The summed E-state index contributed by atoms with van der Waals surface area (Å²) in [7, 11) is 1.71. The Balaban J connectivity index is 2.31. The van der Waals surface area contributed by atoms with Crippen LogP contribution in [-0.2, 0) is 11.3 Å². The highest BCUT2D eigenvalue weighted by Gasteiger charge is 2.16. The predicted octanol–water partition coefficient (Wildman–Crippen LogP) is 2.23. The number of hydrogen-bond acceptors (Lipinski definition) is 6. The van der Waals surface area contributed by atoms with Crippen molar-refractivity contribution >= 4 is 11.3 Å². The monoisotopic (exact) mass is 273 g/mol. The minimum absolute atomic E-state index is 0.160. The summed E-state index contributed by atoms with van der Waals surface area (Å²) in [5, 5.41) is 13.0. The summed E-state index contributed by atoms with van der Waals surface area (Å²) in [6, 6.07) is 0.445. The van der Waals surface area contributed by atoms with Gasteiger partial charge in [0.05, 0.1) is 18.8 Å². The van der Waals surface area contributed by atoms with Crippen molar-refractivity contribution in [1.82, 2.24) is 15.5 Å². The molecule has 5 nitrogen and oxygen atoms in total. The van der Waals surface area contributed by atoms with E-state index < -0.39 is 0 Å². The second-order valence-electron chi connectivity index (χ2n) is 5.06. The molecule has 0 amide bonds. The summed E-state index contributed by atoms with van der Waals surface area (Å²) in [6.45, 7) is 9.61. The molecule has 1 rings (SSSR count). The molecule has 0 fully saturated rings. The van der Waals surface area contributed by atoms with E-state index >= 15 is 0 Å². The molecule has 1 aromatic rings. The van der Waals surface area contributed by atoms with Gasteiger partial charge < -0.3 is 14.8 Å². The fraction of sp³-hybridized carbons (Fsp3) is 0.833. The lowest BCUT2D eigenvalue weighted by molar-refractivity contribution is 0.00538. The largest absolute Gasteiger partial charge is 0.469 e. The number of ether oxygens (including phenoxy) is 2. The van der Waals surface area contributed by atoms with Crippen molar-refractivity contribution < 1.29 is 9.47 Å². The summed E-state index contributed by atoms with van der Waals surface area (Å²) in [4.78, 5) is 0. The molecular weight excluding hydrogens is 250 g/mol. The molecule has 104 valence electrons. The normalized spacial score (nSPS) is 12.1. The van der Waals surface area contributed by atoms with E-state index in [4.69, 9.17) is 9.47 Å². The highest BCUT2D eigenvalue weighted by molar-refractivity contribution is 7.13. The SMILES string of the molecule is COC(C)(C)CCOc1nnc(CNC(C)C)s1. The van der Waals surface area contributed by atoms with Crippen molar-refractivity contribution in [1.29, 1.82) is 0 Å². The highest BCUT2D eigenvalue weighted by Crippen LogP contribution is 2.19. The predicted molar refractivity (Wildman–Crippen MR) is 73.1 cm³/mol. The minimum Gasteiger partial charge on any atom is -0.469 e. The van der Waals surface area contributed by atoms with Gasteiger partial charge in [0.25, 0.3) is 5.19 Å². The molecule has 0 spiro atoms. The maximum absolute atomic E-state index is 5.57. The third-order valence-corrected chi connectivity index (χ3v) is 3.43. The second-order valence-corrected chi connectivity index (χ2v) is 6.08. The molecule has 0 bridgehead atoms. The van der Waals surface area contributed by atoms with Crippen molar-refractivity contribution in [2.45, 2.75) is 52.3 Å². The fourth-order valence-electron chi connectivity index (χ4n) is 1.15. The first-order chi connectivity index (χ1) is 8.43. The maximum Gasteiger partial charge on any atom is 0.294 e. The van der Waals surface area contributed by atoms with Crippen LogP contribution in [0.2, 0.25) is 0 Å². The first kappa shape index (κ1) is 15.3. The maximum atomic E-state index is 5.57. The van der Waals surface area contributed by atoms with Crippen molar-refractivity contribution in [3.05, 3.63) is 5.01 Å². The minimum atomic E-state index is -0.160. The van der Waals surface area contributed by atoms with Crippen LogP contribution in [0.1, 0.15) is 39.1 Å². The molecule has 1 aromatic heterocycles. The zero-order valence-corrected chi connectivity index (χ0v) is 12.6. The molecule has 0 aromatic carbocycles. The lowest BCUT2D eigenvalue weighted by Gasteiger charge is -2.21. The Labute approximate surface area is 113 Å². The summed E-state index contributed by atoms with van der Waals surface area (Å²) >= 11 is 1.49.